The van der Waals surface area contributed by atoms with Gasteiger partial charge in [0.05, 0.1) is 12.2 Å². The van der Waals surface area contributed by atoms with Crippen LogP contribution in [0.3, 0.4) is 0 Å². The summed E-state index contributed by atoms with van der Waals surface area (Å²) in [5.41, 5.74) is 5.23. The van der Waals surface area contributed by atoms with Crippen molar-refractivity contribution in [1.29, 1.82) is 0 Å². The number of carbonyl (C=O) groups is 1. The van der Waals surface area contributed by atoms with Crippen molar-refractivity contribution >= 4 is 5.97 Å². The largest absolute Gasteiger partial charge is 0.480 e. The molecule has 2 bridgehead atoms. The molecule has 2 saturated heterocycles. The number of hydrogen-bond donors (Lipinski definition) is 2. The molecule has 3 aliphatic rings. The van der Waals surface area contributed by atoms with Crippen LogP contribution in [0.5, 0.6) is 0 Å². The fourth-order valence-corrected chi connectivity index (χ4v) is 2.53. The molecular formula is C8H13NO3. The molecule has 1 atom stereocenters. The van der Waals surface area contributed by atoms with Crippen LogP contribution in [-0.2, 0) is 9.53 Å². The predicted molar refractivity (Wildman–Crippen MR) is 41.6 cm³/mol. The van der Waals surface area contributed by atoms with E-state index in [-0.39, 0.29) is 11.0 Å². The van der Waals surface area contributed by atoms with Crippen molar-refractivity contribution in [3.8, 4) is 0 Å². The van der Waals surface area contributed by atoms with Gasteiger partial charge in [0.1, 0.15) is 6.04 Å². The van der Waals surface area contributed by atoms with Gasteiger partial charge in [-0.3, -0.25) is 4.79 Å². The van der Waals surface area contributed by atoms with E-state index >= 15 is 0 Å². The summed E-state index contributed by atoms with van der Waals surface area (Å²) in [6.07, 6.45) is 1.60. The van der Waals surface area contributed by atoms with E-state index in [1.165, 1.54) is 0 Å². The van der Waals surface area contributed by atoms with Crippen LogP contribution in [0.15, 0.2) is 0 Å². The first kappa shape index (κ1) is 8.01. The maximum absolute atomic E-state index is 10.6. The summed E-state index contributed by atoms with van der Waals surface area (Å²) in [6.45, 7) is 2.52. The molecule has 0 aromatic carbocycles. The molecule has 0 aromatic rings. The highest BCUT2D eigenvalue weighted by Crippen LogP contribution is 2.58. The van der Waals surface area contributed by atoms with Crippen molar-refractivity contribution < 1.29 is 14.6 Å². The molecule has 68 valence electrons. The van der Waals surface area contributed by atoms with E-state index in [0.29, 0.717) is 6.61 Å². The second-order valence-electron chi connectivity index (χ2n) is 4.27. The minimum absolute atomic E-state index is 0.0763. The van der Waals surface area contributed by atoms with Gasteiger partial charge in [-0.15, -0.1) is 0 Å². The van der Waals surface area contributed by atoms with E-state index in [9.17, 15) is 4.79 Å². The van der Waals surface area contributed by atoms with Crippen LogP contribution in [-0.4, -0.2) is 29.3 Å². The highest BCUT2D eigenvalue weighted by molar-refractivity contribution is 5.75. The lowest BCUT2D eigenvalue weighted by Gasteiger charge is -2.44. The van der Waals surface area contributed by atoms with Gasteiger partial charge in [-0.2, -0.15) is 0 Å². The first-order valence-electron chi connectivity index (χ1n) is 4.10. The quantitative estimate of drug-likeness (QED) is 0.611. The lowest BCUT2D eigenvalue weighted by Crippen LogP contribution is -2.55. The Bertz CT molecular complexity index is 232. The Morgan fingerprint density at radius 1 is 1.67 bits per heavy atom. The molecule has 4 heteroatoms. The molecule has 2 aliphatic heterocycles. The average Bonchev–Trinajstić information content (AvgIpc) is 2.40. The van der Waals surface area contributed by atoms with Gasteiger partial charge in [0.2, 0.25) is 0 Å². The zero-order valence-corrected chi connectivity index (χ0v) is 7.04. The fraction of sp³-hybridized carbons (Fsp3) is 0.875. The maximum Gasteiger partial charge on any atom is 0.321 e. The van der Waals surface area contributed by atoms with E-state index in [1.54, 1.807) is 0 Å². The van der Waals surface area contributed by atoms with Gasteiger partial charge in [-0.1, -0.05) is 0 Å². The van der Waals surface area contributed by atoms with Gasteiger partial charge >= 0.3 is 5.97 Å². The molecule has 1 unspecified atom stereocenters. The number of hydrogen-bond acceptors (Lipinski definition) is 3. The summed E-state index contributed by atoms with van der Waals surface area (Å²) in [4.78, 5) is 10.6. The molecule has 12 heavy (non-hydrogen) atoms. The molecule has 3 fully saturated rings. The number of rotatable bonds is 2. The maximum atomic E-state index is 10.6. The molecule has 0 spiro atoms. The summed E-state index contributed by atoms with van der Waals surface area (Å²) >= 11 is 0. The molecule has 1 saturated carbocycles. The standard InChI is InChI=1S/C8H13NO3/c1-7-2-8(3-7,4-12-7)5(9)6(10)11/h5H,2-4,9H2,1H3,(H,10,11). The smallest absolute Gasteiger partial charge is 0.321 e. The Balaban J connectivity index is 2.12. The molecule has 3 N–H and O–H groups in total. The Morgan fingerprint density at radius 3 is 2.58 bits per heavy atom. The van der Waals surface area contributed by atoms with Crippen LogP contribution in [0.4, 0.5) is 0 Å². The van der Waals surface area contributed by atoms with Crippen molar-refractivity contribution in [3.63, 3.8) is 0 Å². The van der Waals surface area contributed by atoms with Crippen LogP contribution < -0.4 is 5.73 Å². The Morgan fingerprint density at radius 2 is 2.25 bits per heavy atom. The lowest BCUT2D eigenvalue weighted by molar-refractivity contribution is -0.143. The van der Waals surface area contributed by atoms with E-state index in [1.807, 2.05) is 6.92 Å². The summed E-state index contributed by atoms with van der Waals surface area (Å²) in [7, 11) is 0. The minimum Gasteiger partial charge on any atom is -0.480 e. The Hall–Kier alpha value is -0.610. The Kier molecular flexibility index (Phi) is 1.34. The van der Waals surface area contributed by atoms with E-state index < -0.39 is 12.0 Å². The van der Waals surface area contributed by atoms with Crippen LogP contribution >= 0.6 is 0 Å². The third-order valence-corrected chi connectivity index (χ3v) is 3.09. The second kappa shape index (κ2) is 2.00. The topological polar surface area (TPSA) is 72.6 Å². The van der Waals surface area contributed by atoms with Crippen molar-refractivity contribution in [2.45, 2.75) is 31.4 Å². The van der Waals surface area contributed by atoms with Gasteiger partial charge in [0.25, 0.3) is 0 Å². The van der Waals surface area contributed by atoms with E-state index in [2.05, 4.69) is 0 Å². The summed E-state index contributed by atoms with van der Waals surface area (Å²) < 4.78 is 5.45. The SMILES string of the molecule is CC12CC(C(N)C(=O)O)(CO1)C2. The molecular weight excluding hydrogens is 158 g/mol. The van der Waals surface area contributed by atoms with Crippen molar-refractivity contribution in [2.75, 3.05) is 6.61 Å². The average molecular weight is 171 g/mol. The molecule has 3 rings (SSSR count). The van der Waals surface area contributed by atoms with Gasteiger partial charge < -0.3 is 15.6 Å². The number of nitrogens with two attached hydrogens (primary N) is 1. The van der Waals surface area contributed by atoms with Crippen molar-refractivity contribution in [3.05, 3.63) is 0 Å². The Labute approximate surface area is 70.7 Å². The molecule has 0 aromatic heterocycles. The van der Waals surface area contributed by atoms with Crippen LogP contribution in [0.2, 0.25) is 0 Å². The predicted octanol–water partition coefficient (Wildman–Crippen LogP) is -0.0326. The summed E-state index contributed by atoms with van der Waals surface area (Å²) in [5, 5.41) is 8.74. The zero-order valence-electron chi connectivity index (χ0n) is 7.04. The summed E-state index contributed by atoms with van der Waals surface area (Å²) in [5.74, 6) is -0.914. The van der Waals surface area contributed by atoms with E-state index in [4.69, 9.17) is 15.6 Å². The first-order chi connectivity index (χ1) is 5.48. The third-order valence-electron chi connectivity index (χ3n) is 3.09. The molecule has 0 radical (unpaired) electrons. The monoisotopic (exact) mass is 171 g/mol. The number of ether oxygens (including phenoxy) is 1. The molecule has 1 aliphatic carbocycles. The van der Waals surface area contributed by atoms with Gasteiger partial charge in [-0.25, -0.2) is 0 Å². The normalized spacial score (nSPS) is 46.8. The summed E-state index contributed by atoms with van der Waals surface area (Å²) in [6, 6.07) is -0.756. The molecule has 0 amide bonds. The van der Waals surface area contributed by atoms with Gasteiger partial charge in [0.15, 0.2) is 0 Å². The van der Waals surface area contributed by atoms with Crippen LogP contribution in [0, 0.1) is 5.41 Å². The van der Waals surface area contributed by atoms with Gasteiger partial charge in [0, 0.05) is 5.41 Å². The fourth-order valence-electron chi connectivity index (χ4n) is 2.53. The third kappa shape index (κ3) is 0.820. The van der Waals surface area contributed by atoms with Gasteiger partial charge in [-0.05, 0) is 19.8 Å². The van der Waals surface area contributed by atoms with Crippen molar-refractivity contribution in [2.24, 2.45) is 11.1 Å². The number of carboxylic acid groups (broad SMARTS) is 1. The molecule has 2 heterocycles. The van der Waals surface area contributed by atoms with E-state index in [0.717, 1.165) is 12.8 Å². The number of fused-ring (bicyclic) bond motifs is 1. The molecule has 4 nitrogen and oxygen atoms in total. The highest BCUT2D eigenvalue weighted by atomic mass is 16.5. The lowest BCUT2D eigenvalue weighted by atomic mass is 9.60. The minimum atomic E-state index is -0.914. The first-order valence-corrected chi connectivity index (χ1v) is 4.10. The highest BCUT2D eigenvalue weighted by Gasteiger charge is 2.63. The van der Waals surface area contributed by atoms with Crippen LogP contribution in [0.1, 0.15) is 19.8 Å². The second-order valence-corrected chi connectivity index (χ2v) is 4.27. The number of carboxylic acids is 1. The van der Waals surface area contributed by atoms with Crippen LogP contribution in [0.25, 0.3) is 0 Å². The van der Waals surface area contributed by atoms with Crippen molar-refractivity contribution in [1.82, 2.24) is 0 Å². The zero-order chi connectivity index (χ0) is 8.98. The number of aliphatic carboxylic acids is 1.